The van der Waals surface area contributed by atoms with E-state index < -0.39 is 46.2 Å². The number of anilines is 1. The predicted octanol–water partition coefficient (Wildman–Crippen LogP) is 2.32. The fourth-order valence-corrected chi connectivity index (χ4v) is 3.71. The lowest BCUT2D eigenvalue weighted by molar-refractivity contribution is -0.196. The van der Waals surface area contributed by atoms with Crippen LogP contribution in [-0.2, 0) is 10.3 Å². The molecule has 0 fully saturated rings. The van der Waals surface area contributed by atoms with E-state index in [4.69, 9.17) is 11.6 Å². The molecule has 3 N–H and O–H groups in total. The van der Waals surface area contributed by atoms with Crippen molar-refractivity contribution in [3.05, 3.63) is 91.6 Å². The molecule has 0 spiro atoms. The summed E-state index contributed by atoms with van der Waals surface area (Å²) < 4.78 is 43.9. The molecule has 1 atom stereocenters. The van der Waals surface area contributed by atoms with Gasteiger partial charge in [0.25, 0.3) is 22.9 Å². The molecule has 164 valence electrons. The van der Waals surface area contributed by atoms with Crippen molar-refractivity contribution in [2.24, 2.45) is 0 Å². The van der Waals surface area contributed by atoms with Crippen molar-refractivity contribution in [3.8, 4) is 5.69 Å². The van der Waals surface area contributed by atoms with Gasteiger partial charge in [0.05, 0.1) is 16.3 Å². The predicted molar refractivity (Wildman–Crippen MR) is 108 cm³/mol. The van der Waals surface area contributed by atoms with Gasteiger partial charge in [-0.1, -0.05) is 41.9 Å². The normalized spacial score (nSPS) is 17.6. The van der Waals surface area contributed by atoms with Gasteiger partial charge in [-0.25, -0.2) is 9.36 Å². The van der Waals surface area contributed by atoms with Gasteiger partial charge in [0.1, 0.15) is 11.4 Å². The smallest absolute Gasteiger partial charge is 0.326 e. The van der Waals surface area contributed by atoms with Crippen LogP contribution >= 0.6 is 11.6 Å². The zero-order valence-electron chi connectivity index (χ0n) is 15.8. The van der Waals surface area contributed by atoms with E-state index in [1.165, 1.54) is 42.5 Å². The van der Waals surface area contributed by atoms with Crippen molar-refractivity contribution in [2.75, 3.05) is 5.32 Å². The standard InChI is InChI=1S/C20H12ClF3N4O4/c21-12-9-5-4-8-11(12)15(29)27-19(20(22,23)24)13-14(25-17(19)31)28(18(32)26-16(13)30)10-6-2-1-3-7-10/h1-9H,(H,25,31)(H,27,29)(H,26,30,32)/t19-/m1/s1. The largest absolute Gasteiger partial charge is 0.425 e. The molecule has 1 aromatic heterocycles. The Morgan fingerprint density at radius 3 is 2.25 bits per heavy atom. The first-order valence-corrected chi connectivity index (χ1v) is 9.36. The molecule has 0 aliphatic carbocycles. The van der Waals surface area contributed by atoms with Crippen molar-refractivity contribution < 1.29 is 22.8 Å². The van der Waals surface area contributed by atoms with E-state index in [2.05, 4.69) is 0 Å². The fraction of sp³-hybridized carbons (Fsp3) is 0.100. The fourth-order valence-electron chi connectivity index (χ4n) is 3.48. The molecular formula is C20H12ClF3N4O4. The maximum Gasteiger partial charge on any atom is 0.425 e. The Bertz CT molecular complexity index is 1370. The molecule has 2 aromatic carbocycles. The lowest BCUT2D eigenvalue weighted by atomic mass is 9.91. The number of rotatable bonds is 3. The number of fused-ring (bicyclic) bond motifs is 1. The lowest BCUT2D eigenvalue weighted by Gasteiger charge is -2.30. The first-order chi connectivity index (χ1) is 15.1. The Balaban J connectivity index is 1.99. The molecular weight excluding hydrogens is 453 g/mol. The number of amides is 2. The number of para-hydroxylation sites is 1. The monoisotopic (exact) mass is 464 g/mol. The molecule has 8 nitrogen and oxygen atoms in total. The van der Waals surface area contributed by atoms with E-state index >= 15 is 0 Å². The summed E-state index contributed by atoms with van der Waals surface area (Å²) in [4.78, 5) is 52.2. The maximum atomic E-state index is 14.4. The van der Waals surface area contributed by atoms with Gasteiger partial charge in [-0.3, -0.25) is 19.4 Å². The molecule has 0 saturated heterocycles. The molecule has 0 bridgehead atoms. The third-order valence-corrected chi connectivity index (χ3v) is 5.25. The minimum Gasteiger partial charge on any atom is -0.326 e. The van der Waals surface area contributed by atoms with Crippen LogP contribution in [0.2, 0.25) is 5.02 Å². The van der Waals surface area contributed by atoms with Gasteiger partial charge >= 0.3 is 11.9 Å². The highest BCUT2D eigenvalue weighted by Gasteiger charge is 2.68. The number of carbonyl (C=O) groups is 2. The van der Waals surface area contributed by atoms with Gasteiger partial charge in [0.2, 0.25) is 0 Å². The Morgan fingerprint density at radius 1 is 1.00 bits per heavy atom. The van der Waals surface area contributed by atoms with Gasteiger partial charge in [-0.2, -0.15) is 13.2 Å². The topological polar surface area (TPSA) is 113 Å². The summed E-state index contributed by atoms with van der Waals surface area (Å²) in [7, 11) is 0. The van der Waals surface area contributed by atoms with Crippen LogP contribution < -0.4 is 21.9 Å². The van der Waals surface area contributed by atoms with Gasteiger partial charge < -0.3 is 10.6 Å². The van der Waals surface area contributed by atoms with Crippen LogP contribution in [0.4, 0.5) is 19.0 Å². The highest BCUT2D eigenvalue weighted by atomic mass is 35.5. The SMILES string of the molecule is O=C(N[C@@]1(C(F)(F)F)C(=O)Nc2c1c(=O)[nH]c(=O)n2-c1ccccc1)c1ccccc1Cl. The Hall–Kier alpha value is -3.86. The summed E-state index contributed by atoms with van der Waals surface area (Å²) in [6.07, 6.45) is -5.45. The molecule has 32 heavy (non-hydrogen) atoms. The third-order valence-electron chi connectivity index (χ3n) is 4.92. The molecule has 0 saturated carbocycles. The second-order valence-electron chi connectivity index (χ2n) is 6.79. The minimum atomic E-state index is -5.45. The number of aromatic amines is 1. The Labute approximate surface area is 181 Å². The number of hydrogen-bond acceptors (Lipinski definition) is 4. The van der Waals surface area contributed by atoms with Crippen molar-refractivity contribution in [1.29, 1.82) is 0 Å². The van der Waals surface area contributed by atoms with Crippen LogP contribution in [0.25, 0.3) is 5.69 Å². The number of H-pyrrole nitrogens is 1. The molecule has 3 aromatic rings. The van der Waals surface area contributed by atoms with Gasteiger partial charge in [0.15, 0.2) is 0 Å². The van der Waals surface area contributed by atoms with E-state index in [1.54, 1.807) is 16.4 Å². The molecule has 0 unspecified atom stereocenters. The molecule has 1 aliphatic rings. The summed E-state index contributed by atoms with van der Waals surface area (Å²) in [6, 6.07) is 12.7. The number of nitrogens with one attached hydrogen (secondary N) is 3. The number of halogens is 4. The van der Waals surface area contributed by atoms with E-state index in [0.29, 0.717) is 4.57 Å². The molecule has 4 rings (SSSR count). The number of nitrogens with zero attached hydrogens (tertiary/aromatic N) is 1. The lowest BCUT2D eigenvalue weighted by Crippen LogP contribution is -2.62. The average Bonchev–Trinajstić information content (AvgIpc) is 3.02. The van der Waals surface area contributed by atoms with Gasteiger partial charge in [-0.15, -0.1) is 0 Å². The van der Waals surface area contributed by atoms with E-state index in [1.807, 2.05) is 5.32 Å². The number of aromatic nitrogens is 2. The van der Waals surface area contributed by atoms with Crippen LogP contribution in [0.3, 0.4) is 0 Å². The second-order valence-corrected chi connectivity index (χ2v) is 7.20. The highest BCUT2D eigenvalue weighted by molar-refractivity contribution is 6.34. The number of hydrogen-bond donors (Lipinski definition) is 3. The van der Waals surface area contributed by atoms with Gasteiger partial charge in [-0.05, 0) is 24.3 Å². The van der Waals surface area contributed by atoms with Crippen molar-refractivity contribution >= 4 is 29.2 Å². The Kier molecular flexibility index (Phi) is 4.93. The summed E-state index contributed by atoms with van der Waals surface area (Å²) in [6.45, 7) is 0. The van der Waals surface area contributed by atoms with Crippen LogP contribution in [0.1, 0.15) is 15.9 Å². The zero-order valence-corrected chi connectivity index (χ0v) is 16.5. The quantitative estimate of drug-likeness (QED) is 0.552. The van der Waals surface area contributed by atoms with E-state index in [-0.39, 0.29) is 16.3 Å². The second kappa shape index (κ2) is 7.38. The molecule has 1 aliphatic heterocycles. The van der Waals surface area contributed by atoms with E-state index in [9.17, 15) is 32.3 Å². The van der Waals surface area contributed by atoms with Crippen LogP contribution in [0.15, 0.2) is 64.2 Å². The summed E-state index contributed by atoms with van der Waals surface area (Å²) in [5, 5.41) is 3.43. The first kappa shape index (κ1) is 21.4. The van der Waals surface area contributed by atoms with Crippen molar-refractivity contribution in [1.82, 2.24) is 14.9 Å². The molecule has 2 heterocycles. The molecule has 2 amide bonds. The minimum absolute atomic E-state index is 0.0840. The number of carbonyl (C=O) groups excluding carboxylic acids is 2. The van der Waals surface area contributed by atoms with Crippen molar-refractivity contribution in [3.63, 3.8) is 0 Å². The molecule has 12 heteroatoms. The van der Waals surface area contributed by atoms with Crippen molar-refractivity contribution in [2.45, 2.75) is 11.7 Å². The summed E-state index contributed by atoms with van der Waals surface area (Å²) >= 11 is 5.90. The number of alkyl halides is 3. The van der Waals surface area contributed by atoms with Crippen LogP contribution in [-0.4, -0.2) is 27.5 Å². The number of benzene rings is 2. The summed E-state index contributed by atoms with van der Waals surface area (Å²) in [5.41, 5.74) is -7.74. The zero-order chi connectivity index (χ0) is 23.3. The molecule has 0 radical (unpaired) electrons. The average molecular weight is 465 g/mol. The highest BCUT2D eigenvalue weighted by Crippen LogP contribution is 2.45. The Morgan fingerprint density at radius 2 is 1.62 bits per heavy atom. The van der Waals surface area contributed by atoms with Crippen LogP contribution in [0.5, 0.6) is 0 Å². The van der Waals surface area contributed by atoms with E-state index in [0.717, 1.165) is 6.07 Å². The van der Waals surface area contributed by atoms with Gasteiger partial charge in [0, 0.05) is 0 Å². The first-order valence-electron chi connectivity index (χ1n) is 8.98. The maximum absolute atomic E-state index is 14.4. The van der Waals surface area contributed by atoms with Crippen LogP contribution in [0, 0.1) is 0 Å². The third kappa shape index (κ3) is 3.09. The summed E-state index contributed by atoms with van der Waals surface area (Å²) in [5.74, 6) is -3.79.